The minimum absolute atomic E-state index is 0.0505. The predicted molar refractivity (Wildman–Crippen MR) is 108 cm³/mol. The highest BCUT2D eigenvalue weighted by Crippen LogP contribution is 2.17. The lowest BCUT2D eigenvalue weighted by molar-refractivity contribution is 0.491. The second kappa shape index (κ2) is 8.28. The predicted octanol–water partition coefficient (Wildman–Crippen LogP) is 1.32. The number of aryl methyl sites for hydroxylation is 1. The quantitative estimate of drug-likeness (QED) is 0.829. The van der Waals surface area contributed by atoms with E-state index in [-0.39, 0.29) is 30.4 Å². The normalized spacial score (nSPS) is 16.7. The summed E-state index contributed by atoms with van der Waals surface area (Å²) in [6.45, 7) is 5.67. The van der Waals surface area contributed by atoms with Crippen LogP contribution in [0.25, 0.3) is 0 Å². The average Bonchev–Trinajstić information content (AvgIpc) is 2.65. The fraction of sp³-hybridized carbons (Fsp3) is 0.429. The number of aromatic nitrogens is 2. The molecule has 142 valence electrons. The van der Waals surface area contributed by atoms with Crippen molar-refractivity contribution >= 4 is 5.82 Å². The van der Waals surface area contributed by atoms with Crippen LogP contribution in [0.15, 0.2) is 39.9 Å². The highest BCUT2D eigenvalue weighted by Gasteiger charge is 2.21. The van der Waals surface area contributed by atoms with Crippen molar-refractivity contribution < 1.29 is 0 Å². The lowest BCUT2D eigenvalue weighted by atomic mass is 10.1. The van der Waals surface area contributed by atoms with Crippen LogP contribution in [0, 0.1) is 18.8 Å². The summed E-state index contributed by atoms with van der Waals surface area (Å²) in [5.74, 6) is 6.40. The van der Waals surface area contributed by atoms with E-state index >= 15 is 0 Å². The third kappa shape index (κ3) is 4.32. The molecule has 0 amide bonds. The van der Waals surface area contributed by atoms with Gasteiger partial charge < -0.3 is 10.6 Å². The Labute approximate surface area is 159 Å². The first kappa shape index (κ1) is 19.0. The van der Waals surface area contributed by atoms with Crippen molar-refractivity contribution in [3.63, 3.8) is 0 Å². The molecule has 0 bridgehead atoms. The van der Waals surface area contributed by atoms with Gasteiger partial charge in [-0.1, -0.05) is 35.7 Å². The molecule has 3 rings (SSSR count). The first-order valence-electron chi connectivity index (χ1n) is 9.30. The maximum absolute atomic E-state index is 13.1. The molecule has 2 aromatic rings. The van der Waals surface area contributed by atoms with E-state index in [1.165, 1.54) is 4.57 Å². The summed E-state index contributed by atoms with van der Waals surface area (Å²) in [7, 11) is 0. The highest BCUT2D eigenvalue weighted by atomic mass is 16.2. The van der Waals surface area contributed by atoms with Crippen molar-refractivity contribution in [3.05, 3.63) is 62.3 Å². The third-order valence-corrected chi connectivity index (χ3v) is 4.91. The molecular formula is C21H26N4O2. The Balaban J connectivity index is 2.05. The van der Waals surface area contributed by atoms with Crippen molar-refractivity contribution in [2.24, 2.45) is 5.73 Å². The number of hydrogen-bond donors (Lipinski definition) is 1. The SMILES string of the molecule is CC#CCn1c(N2CCC[C@@H](N)C2)cc(=O)n(Cc2ccc(C)cc2)c1=O. The first-order valence-corrected chi connectivity index (χ1v) is 9.30. The average molecular weight is 366 g/mol. The molecule has 27 heavy (non-hydrogen) atoms. The summed E-state index contributed by atoms with van der Waals surface area (Å²) in [4.78, 5) is 27.9. The van der Waals surface area contributed by atoms with Crippen LogP contribution in [0.5, 0.6) is 0 Å². The van der Waals surface area contributed by atoms with E-state index < -0.39 is 0 Å². The molecule has 6 heteroatoms. The summed E-state index contributed by atoms with van der Waals surface area (Å²) < 4.78 is 2.86. The first-order chi connectivity index (χ1) is 13.0. The Kier molecular flexibility index (Phi) is 5.82. The number of nitrogens with two attached hydrogens (primary N) is 1. The van der Waals surface area contributed by atoms with Crippen LogP contribution in [0.2, 0.25) is 0 Å². The van der Waals surface area contributed by atoms with Crippen LogP contribution >= 0.6 is 0 Å². The monoisotopic (exact) mass is 366 g/mol. The van der Waals surface area contributed by atoms with Crippen molar-refractivity contribution in [2.75, 3.05) is 18.0 Å². The lowest BCUT2D eigenvalue weighted by Gasteiger charge is -2.33. The number of nitrogens with zero attached hydrogens (tertiary/aromatic N) is 3. The largest absolute Gasteiger partial charge is 0.356 e. The molecule has 1 aromatic carbocycles. The number of benzene rings is 1. The Morgan fingerprint density at radius 3 is 2.59 bits per heavy atom. The molecule has 1 aliphatic rings. The van der Waals surface area contributed by atoms with Gasteiger partial charge in [-0.25, -0.2) is 4.79 Å². The van der Waals surface area contributed by atoms with Crippen molar-refractivity contribution in [1.82, 2.24) is 9.13 Å². The van der Waals surface area contributed by atoms with Gasteiger partial charge in [0.15, 0.2) is 0 Å². The van der Waals surface area contributed by atoms with Crippen molar-refractivity contribution in [1.29, 1.82) is 0 Å². The van der Waals surface area contributed by atoms with Crippen molar-refractivity contribution in [2.45, 2.75) is 45.8 Å². The zero-order valence-corrected chi connectivity index (χ0v) is 15.9. The molecule has 0 unspecified atom stereocenters. The summed E-state index contributed by atoms with van der Waals surface area (Å²) in [6, 6.07) is 9.43. The molecular weight excluding hydrogens is 340 g/mol. The minimum Gasteiger partial charge on any atom is -0.356 e. The third-order valence-electron chi connectivity index (χ3n) is 4.91. The lowest BCUT2D eigenvalue weighted by Crippen LogP contribution is -2.48. The van der Waals surface area contributed by atoms with E-state index in [4.69, 9.17) is 5.73 Å². The van der Waals surface area contributed by atoms with Gasteiger partial charge in [-0.3, -0.25) is 13.9 Å². The van der Waals surface area contributed by atoms with Gasteiger partial charge in [0, 0.05) is 25.2 Å². The Bertz CT molecular complexity index is 976. The number of rotatable bonds is 4. The van der Waals surface area contributed by atoms with E-state index in [1.54, 1.807) is 17.6 Å². The Hall–Kier alpha value is -2.78. The van der Waals surface area contributed by atoms with Crippen LogP contribution in [0.1, 0.15) is 30.9 Å². The second-order valence-corrected chi connectivity index (χ2v) is 7.06. The minimum atomic E-state index is -0.333. The maximum atomic E-state index is 13.1. The molecule has 2 heterocycles. The van der Waals surface area contributed by atoms with Crippen LogP contribution < -0.4 is 21.9 Å². The Morgan fingerprint density at radius 2 is 1.93 bits per heavy atom. The summed E-state index contributed by atoms with van der Waals surface area (Å²) in [5.41, 5.74) is 7.52. The van der Waals surface area contributed by atoms with E-state index in [1.807, 2.05) is 36.1 Å². The van der Waals surface area contributed by atoms with E-state index in [0.29, 0.717) is 12.4 Å². The summed E-state index contributed by atoms with van der Waals surface area (Å²) >= 11 is 0. The van der Waals surface area contributed by atoms with Gasteiger partial charge in [-0.05, 0) is 32.3 Å². The second-order valence-electron chi connectivity index (χ2n) is 7.06. The van der Waals surface area contributed by atoms with Crippen LogP contribution in [0.3, 0.4) is 0 Å². The fourth-order valence-electron chi connectivity index (χ4n) is 3.41. The van der Waals surface area contributed by atoms with Gasteiger partial charge in [0.2, 0.25) is 0 Å². The Morgan fingerprint density at radius 1 is 1.19 bits per heavy atom. The topological polar surface area (TPSA) is 73.3 Å². The van der Waals surface area contributed by atoms with Gasteiger partial charge in [0.1, 0.15) is 5.82 Å². The van der Waals surface area contributed by atoms with Crippen LogP contribution in [0.4, 0.5) is 5.82 Å². The zero-order valence-electron chi connectivity index (χ0n) is 15.9. The number of piperidine rings is 1. The van der Waals surface area contributed by atoms with E-state index in [0.717, 1.165) is 30.5 Å². The smallest absolute Gasteiger partial charge is 0.333 e. The molecule has 1 fully saturated rings. The van der Waals surface area contributed by atoms with E-state index in [9.17, 15) is 9.59 Å². The van der Waals surface area contributed by atoms with Gasteiger partial charge in [-0.15, -0.1) is 5.92 Å². The number of hydrogen-bond acceptors (Lipinski definition) is 4. The molecule has 1 aliphatic heterocycles. The summed E-state index contributed by atoms with van der Waals surface area (Å²) in [6.07, 6.45) is 1.90. The van der Waals surface area contributed by atoms with Crippen molar-refractivity contribution in [3.8, 4) is 11.8 Å². The molecule has 0 radical (unpaired) electrons. The molecule has 1 atom stereocenters. The molecule has 0 saturated carbocycles. The molecule has 1 aromatic heterocycles. The van der Waals surface area contributed by atoms with Gasteiger partial charge in [0.25, 0.3) is 5.56 Å². The molecule has 0 spiro atoms. The molecule has 2 N–H and O–H groups in total. The highest BCUT2D eigenvalue weighted by molar-refractivity contribution is 5.40. The zero-order chi connectivity index (χ0) is 19.4. The van der Waals surface area contributed by atoms with Gasteiger partial charge >= 0.3 is 5.69 Å². The molecule has 1 saturated heterocycles. The van der Waals surface area contributed by atoms with Crippen LogP contribution in [-0.2, 0) is 13.1 Å². The number of anilines is 1. The van der Waals surface area contributed by atoms with Gasteiger partial charge in [-0.2, -0.15) is 0 Å². The molecule has 0 aliphatic carbocycles. The standard InChI is InChI=1S/C21H26N4O2/c1-3-4-12-24-19(23-11-5-6-18(22)15-23)13-20(26)25(21(24)27)14-17-9-7-16(2)8-10-17/h7-10,13,18H,5-6,11-12,14-15,22H2,1-2H3/t18-/m1/s1. The summed E-state index contributed by atoms with van der Waals surface area (Å²) in [5, 5.41) is 0. The van der Waals surface area contributed by atoms with Crippen LogP contribution in [-0.4, -0.2) is 28.3 Å². The van der Waals surface area contributed by atoms with E-state index in [2.05, 4.69) is 11.8 Å². The fourth-order valence-corrected chi connectivity index (χ4v) is 3.41. The molecule has 6 nitrogen and oxygen atoms in total. The maximum Gasteiger partial charge on any atom is 0.333 e. The van der Waals surface area contributed by atoms with Gasteiger partial charge in [0.05, 0.1) is 13.1 Å².